The summed E-state index contributed by atoms with van der Waals surface area (Å²) in [7, 11) is 0. The van der Waals surface area contributed by atoms with E-state index in [1.807, 2.05) is 23.1 Å². The van der Waals surface area contributed by atoms with E-state index >= 15 is 0 Å². The smallest absolute Gasteiger partial charge is 0.253 e. The van der Waals surface area contributed by atoms with Gasteiger partial charge in [0.25, 0.3) is 5.91 Å². The minimum atomic E-state index is -0.0870. The van der Waals surface area contributed by atoms with Crippen molar-refractivity contribution in [3.63, 3.8) is 0 Å². The van der Waals surface area contributed by atoms with Gasteiger partial charge in [0.1, 0.15) is 0 Å². The first kappa shape index (κ1) is 16.5. The number of piperidine rings is 1. The SMILES string of the molecule is CCCNCC(=O)Nc1cccc(C(=O)N2CCCCC2)c1. The number of rotatable bonds is 6. The Balaban J connectivity index is 1.94. The Kier molecular flexibility index (Phi) is 6.40. The Morgan fingerprint density at radius 2 is 1.95 bits per heavy atom. The average Bonchev–Trinajstić information content (AvgIpc) is 2.55. The molecule has 120 valence electrons. The first-order valence-electron chi connectivity index (χ1n) is 8.10. The van der Waals surface area contributed by atoms with Gasteiger partial charge in [0.15, 0.2) is 0 Å². The maximum Gasteiger partial charge on any atom is 0.253 e. The van der Waals surface area contributed by atoms with Crippen molar-refractivity contribution >= 4 is 17.5 Å². The minimum Gasteiger partial charge on any atom is -0.339 e. The molecule has 1 fully saturated rings. The van der Waals surface area contributed by atoms with Gasteiger partial charge in [0.05, 0.1) is 6.54 Å². The summed E-state index contributed by atoms with van der Waals surface area (Å²) in [5.41, 5.74) is 1.31. The summed E-state index contributed by atoms with van der Waals surface area (Å²) in [6.07, 6.45) is 4.34. The number of nitrogens with zero attached hydrogens (tertiary/aromatic N) is 1. The third-order valence-corrected chi connectivity index (χ3v) is 3.75. The molecule has 0 saturated carbocycles. The number of anilines is 1. The van der Waals surface area contributed by atoms with Crippen LogP contribution in [-0.4, -0.2) is 42.9 Å². The number of carbonyl (C=O) groups excluding carboxylic acids is 2. The highest BCUT2D eigenvalue weighted by atomic mass is 16.2. The number of amides is 2. The van der Waals surface area contributed by atoms with Gasteiger partial charge in [0, 0.05) is 24.3 Å². The van der Waals surface area contributed by atoms with Crippen molar-refractivity contribution in [1.29, 1.82) is 0 Å². The van der Waals surface area contributed by atoms with E-state index < -0.39 is 0 Å². The summed E-state index contributed by atoms with van der Waals surface area (Å²) in [5, 5.41) is 5.88. The van der Waals surface area contributed by atoms with Gasteiger partial charge in [-0.15, -0.1) is 0 Å². The maximum atomic E-state index is 12.4. The molecular formula is C17H25N3O2. The van der Waals surface area contributed by atoms with Crippen LogP contribution in [0, 0.1) is 0 Å². The van der Waals surface area contributed by atoms with Crippen molar-refractivity contribution in [1.82, 2.24) is 10.2 Å². The van der Waals surface area contributed by atoms with Crippen LogP contribution in [0.4, 0.5) is 5.69 Å². The Bertz CT molecular complexity index is 510. The van der Waals surface area contributed by atoms with Gasteiger partial charge in [-0.05, 0) is 50.4 Å². The van der Waals surface area contributed by atoms with E-state index in [0.29, 0.717) is 11.3 Å². The molecule has 1 aliphatic heterocycles. The van der Waals surface area contributed by atoms with E-state index in [4.69, 9.17) is 0 Å². The van der Waals surface area contributed by atoms with Gasteiger partial charge >= 0.3 is 0 Å². The van der Waals surface area contributed by atoms with Crippen molar-refractivity contribution in [3.05, 3.63) is 29.8 Å². The molecule has 0 aliphatic carbocycles. The lowest BCUT2D eigenvalue weighted by molar-refractivity contribution is -0.115. The van der Waals surface area contributed by atoms with E-state index in [0.717, 1.165) is 38.9 Å². The summed E-state index contributed by atoms with van der Waals surface area (Å²) in [5.74, 6) is -0.0315. The largest absolute Gasteiger partial charge is 0.339 e. The Morgan fingerprint density at radius 1 is 1.18 bits per heavy atom. The van der Waals surface area contributed by atoms with Crippen molar-refractivity contribution in [2.45, 2.75) is 32.6 Å². The van der Waals surface area contributed by atoms with E-state index in [2.05, 4.69) is 17.6 Å². The molecular weight excluding hydrogens is 278 g/mol. The lowest BCUT2D eigenvalue weighted by atomic mass is 10.1. The molecule has 0 aromatic heterocycles. The lowest BCUT2D eigenvalue weighted by Crippen LogP contribution is -2.35. The molecule has 1 aliphatic rings. The van der Waals surface area contributed by atoms with Crippen LogP contribution >= 0.6 is 0 Å². The summed E-state index contributed by atoms with van der Waals surface area (Å²) < 4.78 is 0. The first-order chi connectivity index (χ1) is 10.7. The molecule has 0 atom stereocenters. The van der Waals surface area contributed by atoms with Gasteiger partial charge in [-0.3, -0.25) is 9.59 Å². The Labute approximate surface area is 132 Å². The number of hydrogen-bond acceptors (Lipinski definition) is 3. The van der Waals surface area contributed by atoms with E-state index in [9.17, 15) is 9.59 Å². The van der Waals surface area contributed by atoms with Crippen LogP contribution in [0.25, 0.3) is 0 Å². The fourth-order valence-electron chi connectivity index (χ4n) is 2.59. The van der Waals surface area contributed by atoms with E-state index in [-0.39, 0.29) is 18.4 Å². The van der Waals surface area contributed by atoms with Crippen molar-refractivity contribution in [2.24, 2.45) is 0 Å². The van der Waals surface area contributed by atoms with Crippen LogP contribution < -0.4 is 10.6 Å². The molecule has 1 aromatic carbocycles. The molecule has 5 nitrogen and oxygen atoms in total. The third-order valence-electron chi connectivity index (χ3n) is 3.75. The topological polar surface area (TPSA) is 61.4 Å². The normalized spacial score (nSPS) is 14.7. The van der Waals surface area contributed by atoms with Crippen LogP contribution in [-0.2, 0) is 4.79 Å². The highest BCUT2D eigenvalue weighted by Crippen LogP contribution is 2.16. The molecule has 0 spiro atoms. The quantitative estimate of drug-likeness (QED) is 0.792. The predicted octanol–water partition coefficient (Wildman–Crippen LogP) is 2.25. The molecule has 0 radical (unpaired) electrons. The van der Waals surface area contributed by atoms with Crippen molar-refractivity contribution in [2.75, 3.05) is 31.5 Å². The molecule has 1 heterocycles. The highest BCUT2D eigenvalue weighted by molar-refractivity contribution is 5.97. The molecule has 1 aromatic rings. The fourth-order valence-corrected chi connectivity index (χ4v) is 2.59. The second-order valence-electron chi connectivity index (χ2n) is 5.66. The number of likely N-dealkylation sites (tertiary alicyclic amines) is 1. The van der Waals surface area contributed by atoms with Crippen LogP contribution in [0.3, 0.4) is 0 Å². The highest BCUT2D eigenvalue weighted by Gasteiger charge is 2.18. The van der Waals surface area contributed by atoms with Gasteiger partial charge in [-0.2, -0.15) is 0 Å². The summed E-state index contributed by atoms with van der Waals surface area (Å²) in [6.45, 7) is 4.83. The van der Waals surface area contributed by atoms with Crippen LogP contribution in [0.5, 0.6) is 0 Å². The molecule has 0 bridgehead atoms. The Morgan fingerprint density at radius 3 is 2.68 bits per heavy atom. The first-order valence-corrected chi connectivity index (χ1v) is 8.10. The zero-order valence-corrected chi connectivity index (χ0v) is 13.2. The molecule has 5 heteroatoms. The average molecular weight is 303 g/mol. The second-order valence-corrected chi connectivity index (χ2v) is 5.66. The molecule has 2 N–H and O–H groups in total. The lowest BCUT2D eigenvalue weighted by Gasteiger charge is -2.26. The molecule has 2 rings (SSSR count). The van der Waals surface area contributed by atoms with Crippen molar-refractivity contribution in [3.8, 4) is 0 Å². The maximum absolute atomic E-state index is 12.4. The molecule has 1 saturated heterocycles. The number of hydrogen-bond donors (Lipinski definition) is 2. The number of nitrogens with one attached hydrogen (secondary N) is 2. The summed E-state index contributed by atoms with van der Waals surface area (Å²) in [4.78, 5) is 26.1. The zero-order valence-electron chi connectivity index (χ0n) is 13.2. The van der Waals surface area contributed by atoms with Gasteiger partial charge < -0.3 is 15.5 Å². The van der Waals surface area contributed by atoms with Gasteiger partial charge in [0.2, 0.25) is 5.91 Å². The van der Waals surface area contributed by atoms with Crippen LogP contribution in [0.15, 0.2) is 24.3 Å². The molecule has 22 heavy (non-hydrogen) atoms. The molecule has 2 amide bonds. The standard InChI is InChI=1S/C17H25N3O2/c1-2-9-18-13-16(21)19-15-8-6-7-14(12-15)17(22)20-10-4-3-5-11-20/h6-8,12,18H,2-5,9-11,13H2,1H3,(H,19,21). The summed E-state index contributed by atoms with van der Waals surface area (Å²) in [6, 6.07) is 7.19. The zero-order chi connectivity index (χ0) is 15.8. The van der Waals surface area contributed by atoms with Gasteiger partial charge in [-0.1, -0.05) is 13.0 Å². The summed E-state index contributed by atoms with van der Waals surface area (Å²) >= 11 is 0. The van der Waals surface area contributed by atoms with E-state index in [1.165, 1.54) is 6.42 Å². The van der Waals surface area contributed by atoms with Crippen molar-refractivity contribution < 1.29 is 9.59 Å². The fraction of sp³-hybridized carbons (Fsp3) is 0.529. The third kappa shape index (κ3) is 4.84. The monoisotopic (exact) mass is 303 g/mol. The van der Waals surface area contributed by atoms with Crippen LogP contribution in [0.1, 0.15) is 43.0 Å². The van der Waals surface area contributed by atoms with Crippen LogP contribution in [0.2, 0.25) is 0 Å². The number of benzene rings is 1. The Hall–Kier alpha value is -1.88. The van der Waals surface area contributed by atoms with E-state index in [1.54, 1.807) is 6.07 Å². The minimum absolute atomic E-state index is 0.0555. The van der Waals surface area contributed by atoms with Gasteiger partial charge in [-0.25, -0.2) is 0 Å². The predicted molar refractivity (Wildman–Crippen MR) is 88.0 cm³/mol. The molecule has 0 unspecified atom stereocenters. The second kappa shape index (κ2) is 8.54. The number of carbonyl (C=O) groups is 2.